The van der Waals surface area contributed by atoms with E-state index in [1.165, 1.54) is 16.8 Å². The molecule has 0 atom stereocenters. The van der Waals surface area contributed by atoms with Crippen LogP contribution < -0.4 is 5.32 Å². The van der Waals surface area contributed by atoms with E-state index in [0.717, 1.165) is 17.7 Å². The summed E-state index contributed by atoms with van der Waals surface area (Å²) in [6, 6.07) is 19.9. The first-order chi connectivity index (χ1) is 15.2. The summed E-state index contributed by atoms with van der Waals surface area (Å²) >= 11 is 12.4. The summed E-state index contributed by atoms with van der Waals surface area (Å²) in [7, 11) is 0. The number of halogens is 5. The number of nitrogens with one attached hydrogen (secondary N) is 1. The van der Waals surface area contributed by atoms with Crippen molar-refractivity contribution >= 4 is 34.9 Å². The van der Waals surface area contributed by atoms with Gasteiger partial charge in [0, 0.05) is 16.7 Å². The molecule has 1 amide bonds. The molecule has 3 aromatic carbocycles. The molecule has 4 rings (SSSR count). The van der Waals surface area contributed by atoms with Gasteiger partial charge in [-0.15, -0.1) is 0 Å². The number of hydrogen-bond donors (Lipinski definition) is 1. The molecule has 0 unspecified atom stereocenters. The van der Waals surface area contributed by atoms with Crippen molar-refractivity contribution < 1.29 is 18.0 Å². The van der Waals surface area contributed by atoms with Gasteiger partial charge < -0.3 is 5.32 Å². The van der Waals surface area contributed by atoms with E-state index < -0.39 is 23.2 Å². The fourth-order valence-corrected chi connectivity index (χ4v) is 3.53. The van der Waals surface area contributed by atoms with Crippen LogP contribution in [0.15, 0.2) is 78.9 Å². The van der Waals surface area contributed by atoms with E-state index in [4.69, 9.17) is 23.2 Å². The third kappa shape index (κ3) is 4.49. The van der Waals surface area contributed by atoms with Crippen LogP contribution >= 0.6 is 23.2 Å². The third-order valence-electron chi connectivity index (χ3n) is 4.63. The van der Waals surface area contributed by atoms with Gasteiger partial charge in [0.15, 0.2) is 0 Å². The summed E-state index contributed by atoms with van der Waals surface area (Å²) in [5, 5.41) is 7.71. The Kier molecular flexibility index (Phi) is 5.95. The van der Waals surface area contributed by atoms with Crippen molar-refractivity contribution in [1.29, 1.82) is 0 Å². The standard InChI is InChI=1S/C23H14Cl2F3N3O/c24-15-10-11-18(25)20(12-15)31-21(13-19(30-31)14-6-2-1-3-7-14)29-22(32)16-8-4-5-9-17(16)23(26,27)28/h1-13H,(H,29,32). The van der Waals surface area contributed by atoms with E-state index in [1.54, 1.807) is 24.3 Å². The number of carbonyl (C=O) groups is 1. The molecule has 0 fully saturated rings. The summed E-state index contributed by atoms with van der Waals surface area (Å²) in [5.41, 5.74) is 0.0521. The monoisotopic (exact) mass is 475 g/mol. The van der Waals surface area contributed by atoms with E-state index in [1.807, 2.05) is 30.3 Å². The Labute approximate surface area is 191 Å². The normalized spacial score (nSPS) is 11.4. The summed E-state index contributed by atoms with van der Waals surface area (Å²) in [5.74, 6) is -0.799. The maximum absolute atomic E-state index is 13.4. The number of rotatable bonds is 4. The summed E-state index contributed by atoms with van der Waals surface area (Å²) < 4.78 is 41.5. The number of carbonyl (C=O) groups excluding carboxylic acids is 1. The predicted molar refractivity (Wildman–Crippen MR) is 118 cm³/mol. The Balaban J connectivity index is 1.81. The Morgan fingerprint density at radius 2 is 1.59 bits per heavy atom. The van der Waals surface area contributed by atoms with Gasteiger partial charge in [-0.3, -0.25) is 4.79 Å². The zero-order chi connectivity index (χ0) is 22.9. The van der Waals surface area contributed by atoms with Gasteiger partial charge in [-0.25, -0.2) is 4.68 Å². The second kappa shape index (κ2) is 8.68. The lowest BCUT2D eigenvalue weighted by Gasteiger charge is -2.14. The molecule has 1 heterocycles. The number of amides is 1. The maximum atomic E-state index is 13.4. The highest BCUT2D eigenvalue weighted by molar-refractivity contribution is 6.34. The average Bonchev–Trinajstić information content (AvgIpc) is 3.19. The molecule has 0 aliphatic heterocycles. The van der Waals surface area contributed by atoms with E-state index in [2.05, 4.69) is 10.4 Å². The first kappa shape index (κ1) is 21.9. The van der Waals surface area contributed by atoms with Crippen LogP contribution in [0, 0.1) is 0 Å². The van der Waals surface area contributed by atoms with Crippen LogP contribution in [0.4, 0.5) is 19.0 Å². The van der Waals surface area contributed by atoms with E-state index >= 15 is 0 Å². The Morgan fingerprint density at radius 3 is 2.31 bits per heavy atom. The SMILES string of the molecule is O=C(Nc1cc(-c2ccccc2)nn1-c1cc(Cl)ccc1Cl)c1ccccc1C(F)(F)F. The lowest BCUT2D eigenvalue weighted by atomic mass is 10.1. The molecular weight excluding hydrogens is 462 g/mol. The van der Waals surface area contributed by atoms with Crippen molar-refractivity contribution in [2.24, 2.45) is 0 Å². The molecule has 4 aromatic rings. The Bertz CT molecular complexity index is 1290. The Hall–Kier alpha value is -3.29. The highest BCUT2D eigenvalue weighted by atomic mass is 35.5. The number of hydrogen-bond acceptors (Lipinski definition) is 2. The fraction of sp³-hybridized carbons (Fsp3) is 0.0435. The molecule has 4 nitrogen and oxygen atoms in total. The average molecular weight is 476 g/mol. The van der Waals surface area contributed by atoms with Gasteiger partial charge in [-0.2, -0.15) is 18.3 Å². The summed E-state index contributed by atoms with van der Waals surface area (Å²) in [4.78, 5) is 12.9. The van der Waals surface area contributed by atoms with Crippen molar-refractivity contribution in [3.8, 4) is 16.9 Å². The molecule has 0 aliphatic carbocycles. The molecule has 0 radical (unpaired) electrons. The van der Waals surface area contributed by atoms with Gasteiger partial charge in [0.25, 0.3) is 5.91 Å². The van der Waals surface area contributed by atoms with Gasteiger partial charge >= 0.3 is 6.18 Å². The first-order valence-electron chi connectivity index (χ1n) is 9.32. The lowest BCUT2D eigenvalue weighted by molar-refractivity contribution is -0.137. The van der Waals surface area contributed by atoms with Gasteiger partial charge in [0.2, 0.25) is 0 Å². The molecular formula is C23H14Cl2F3N3O. The highest BCUT2D eigenvalue weighted by Crippen LogP contribution is 2.33. The van der Waals surface area contributed by atoms with Crippen molar-refractivity contribution in [1.82, 2.24) is 9.78 Å². The first-order valence-corrected chi connectivity index (χ1v) is 10.1. The van der Waals surface area contributed by atoms with E-state index in [9.17, 15) is 18.0 Å². The topological polar surface area (TPSA) is 46.9 Å². The molecule has 0 spiro atoms. The highest BCUT2D eigenvalue weighted by Gasteiger charge is 2.35. The fourth-order valence-electron chi connectivity index (χ4n) is 3.16. The van der Waals surface area contributed by atoms with E-state index in [-0.39, 0.29) is 5.82 Å². The van der Waals surface area contributed by atoms with Crippen LogP contribution in [-0.2, 0) is 6.18 Å². The predicted octanol–water partition coefficient (Wildman–Crippen LogP) is 7.12. The quantitative estimate of drug-likeness (QED) is 0.341. The molecule has 0 aliphatic rings. The minimum Gasteiger partial charge on any atom is -0.306 e. The van der Waals surface area contributed by atoms with Crippen molar-refractivity contribution in [3.05, 3.63) is 100 Å². The molecule has 32 heavy (non-hydrogen) atoms. The number of alkyl halides is 3. The Morgan fingerprint density at radius 1 is 0.906 bits per heavy atom. The number of nitrogens with zero attached hydrogens (tertiary/aromatic N) is 2. The van der Waals surface area contributed by atoms with Crippen molar-refractivity contribution in [2.75, 3.05) is 5.32 Å². The van der Waals surface area contributed by atoms with Gasteiger partial charge in [-0.1, -0.05) is 65.7 Å². The van der Waals surface area contributed by atoms with Gasteiger partial charge in [-0.05, 0) is 30.3 Å². The minimum atomic E-state index is -4.68. The van der Waals surface area contributed by atoms with Crippen LogP contribution in [0.3, 0.4) is 0 Å². The molecule has 1 aromatic heterocycles. The largest absolute Gasteiger partial charge is 0.417 e. The lowest BCUT2D eigenvalue weighted by Crippen LogP contribution is -2.20. The van der Waals surface area contributed by atoms with Gasteiger partial charge in [0.1, 0.15) is 5.82 Å². The summed E-state index contributed by atoms with van der Waals surface area (Å²) in [6.45, 7) is 0. The van der Waals surface area contributed by atoms with Crippen LogP contribution in [0.1, 0.15) is 15.9 Å². The second-order valence-corrected chi connectivity index (χ2v) is 7.63. The summed E-state index contributed by atoms with van der Waals surface area (Å²) in [6.07, 6.45) is -4.68. The number of anilines is 1. The molecule has 162 valence electrons. The van der Waals surface area contributed by atoms with Crippen LogP contribution in [0.5, 0.6) is 0 Å². The second-order valence-electron chi connectivity index (χ2n) is 6.79. The molecule has 0 saturated carbocycles. The smallest absolute Gasteiger partial charge is 0.306 e. The molecule has 9 heteroatoms. The number of aromatic nitrogens is 2. The zero-order valence-electron chi connectivity index (χ0n) is 16.2. The van der Waals surface area contributed by atoms with Gasteiger partial charge in [0.05, 0.1) is 27.5 Å². The van der Waals surface area contributed by atoms with Crippen molar-refractivity contribution in [3.63, 3.8) is 0 Å². The minimum absolute atomic E-state index is 0.134. The molecule has 1 N–H and O–H groups in total. The van der Waals surface area contributed by atoms with Crippen LogP contribution in [-0.4, -0.2) is 15.7 Å². The maximum Gasteiger partial charge on any atom is 0.417 e. The van der Waals surface area contributed by atoms with Crippen molar-refractivity contribution in [2.45, 2.75) is 6.18 Å². The number of benzene rings is 3. The van der Waals surface area contributed by atoms with Crippen LogP contribution in [0.25, 0.3) is 16.9 Å². The van der Waals surface area contributed by atoms with E-state index in [0.29, 0.717) is 21.4 Å². The molecule has 0 saturated heterocycles. The third-order valence-corrected chi connectivity index (χ3v) is 5.19. The zero-order valence-corrected chi connectivity index (χ0v) is 17.7. The van der Waals surface area contributed by atoms with Crippen LogP contribution in [0.2, 0.25) is 10.0 Å². The molecule has 0 bridgehead atoms.